The van der Waals surface area contributed by atoms with Crippen molar-refractivity contribution in [3.63, 3.8) is 0 Å². The van der Waals surface area contributed by atoms with E-state index in [-0.39, 0.29) is 51.6 Å². The zero-order valence-corrected chi connectivity index (χ0v) is 22.5. The zero-order valence-electron chi connectivity index (χ0n) is 19.2. The van der Waals surface area contributed by atoms with Gasteiger partial charge in [0.2, 0.25) is 0 Å². The van der Waals surface area contributed by atoms with E-state index in [4.69, 9.17) is 9.81 Å². The molecule has 0 radical (unpaired) electrons. The zero-order chi connectivity index (χ0) is 27.9. The first-order chi connectivity index (χ1) is 17.9. The van der Waals surface area contributed by atoms with Crippen LogP contribution in [-0.2, 0) is 29.6 Å². The van der Waals surface area contributed by atoms with E-state index in [1.807, 2.05) is 6.07 Å². The van der Waals surface area contributed by atoms with Gasteiger partial charge in [0.05, 0.1) is 21.7 Å². The molecule has 0 unspecified atom stereocenters. The molecule has 20 heteroatoms. The highest BCUT2D eigenvalue weighted by Crippen LogP contribution is 2.37. The molecular formula is C18H19N7O9S4. The van der Waals surface area contributed by atoms with Crippen LogP contribution in [0.5, 0.6) is 0 Å². The summed E-state index contributed by atoms with van der Waals surface area (Å²) < 4.78 is 72.0. The minimum absolute atomic E-state index is 0.0266. The SMILES string of the molecule is Cc1c(C#N)c(NCCS(=O)(=O)O)nc(NCCSOOO)c1N=Nc1snc2ccc(S(=O)(=O)O)cc12. The maximum absolute atomic E-state index is 11.5. The molecule has 2 aromatic heterocycles. The second-order valence-corrected chi connectivity index (χ2v) is 11.7. The van der Waals surface area contributed by atoms with Crippen molar-refractivity contribution < 1.29 is 40.6 Å². The van der Waals surface area contributed by atoms with Crippen LogP contribution in [0.15, 0.2) is 33.3 Å². The van der Waals surface area contributed by atoms with Gasteiger partial charge in [-0.3, -0.25) is 9.11 Å². The maximum atomic E-state index is 11.5. The Morgan fingerprint density at radius 2 is 1.89 bits per heavy atom. The maximum Gasteiger partial charge on any atom is 0.294 e. The molecule has 38 heavy (non-hydrogen) atoms. The fourth-order valence-electron chi connectivity index (χ4n) is 3.01. The van der Waals surface area contributed by atoms with Crippen molar-refractivity contribution in [3.8, 4) is 6.07 Å². The second-order valence-electron chi connectivity index (χ2n) is 7.22. The molecule has 0 aliphatic heterocycles. The van der Waals surface area contributed by atoms with Gasteiger partial charge in [0, 0.05) is 41.8 Å². The van der Waals surface area contributed by atoms with Crippen LogP contribution < -0.4 is 10.6 Å². The summed E-state index contributed by atoms with van der Waals surface area (Å²) in [6, 6.07) is 5.78. The largest absolute Gasteiger partial charge is 0.368 e. The monoisotopic (exact) mass is 605 g/mol. The highest BCUT2D eigenvalue weighted by atomic mass is 32.2. The molecule has 3 rings (SSSR count). The van der Waals surface area contributed by atoms with Crippen molar-refractivity contribution in [2.24, 2.45) is 10.2 Å². The minimum atomic E-state index is -4.47. The normalized spacial score (nSPS) is 12.2. The molecule has 2 heterocycles. The summed E-state index contributed by atoms with van der Waals surface area (Å²) in [5, 5.41) is 36.0. The van der Waals surface area contributed by atoms with Crippen LogP contribution in [0, 0.1) is 18.3 Å². The first-order valence-electron chi connectivity index (χ1n) is 10.2. The summed E-state index contributed by atoms with van der Waals surface area (Å²) in [5.74, 6) is -0.195. The summed E-state index contributed by atoms with van der Waals surface area (Å²) in [4.78, 5) is 3.97. The molecule has 0 spiro atoms. The molecule has 0 bridgehead atoms. The number of fused-ring (bicyclic) bond motifs is 1. The van der Waals surface area contributed by atoms with Gasteiger partial charge in [-0.2, -0.15) is 26.5 Å². The van der Waals surface area contributed by atoms with Crippen LogP contribution in [0.2, 0.25) is 0 Å². The highest BCUT2D eigenvalue weighted by Gasteiger charge is 2.19. The molecular weight excluding hydrogens is 587 g/mol. The second kappa shape index (κ2) is 12.7. The number of nitrogens with one attached hydrogen (secondary N) is 2. The summed E-state index contributed by atoms with van der Waals surface area (Å²) in [5.41, 5.74) is 0.912. The lowest BCUT2D eigenvalue weighted by Crippen LogP contribution is -2.17. The topological polar surface area (TPSA) is 246 Å². The molecule has 0 saturated heterocycles. The van der Waals surface area contributed by atoms with Crippen molar-refractivity contribution in [2.75, 3.05) is 35.2 Å². The molecule has 0 atom stereocenters. The Morgan fingerprint density at radius 3 is 2.55 bits per heavy atom. The fraction of sp³-hybridized carbons (Fsp3) is 0.278. The number of benzene rings is 1. The molecule has 0 aliphatic rings. The van der Waals surface area contributed by atoms with Crippen molar-refractivity contribution in [2.45, 2.75) is 11.8 Å². The Morgan fingerprint density at radius 1 is 1.16 bits per heavy atom. The van der Waals surface area contributed by atoms with Gasteiger partial charge in [0.15, 0.2) is 10.8 Å². The summed E-state index contributed by atoms with van der Waals surface area (Å²) in [6.07, 6.45) is 0. The van der Waals surface area contributed by atoms with E-state index < -0.39 is 26.0 Å². The van der Waals surface area contributed by atoms with E-state index in [0.29, 0.717) is 16.5 Å². The Kier molecular flexibility index (Phi) is 9.88. The molecule has 204 valence electrons. The van der Waals surface area contributed by atoms with E-state index in [0.717, 1.165) is 23.6 Å². The van der Waals surface area contributed by atoms with E-state index >= 15 is 0 Å². The lowest BCUT2D eigenvalue weighted by Gasteiger charge is -2.15. The van der Waals surface area contributed by atoms with Gasteiger partial charge in [-0.25, -0.2) is 10.2 Å². The lowest BCUT2D eigenvalue weighted by atomic mass is 10.1. The molecule has 3 aromatic rings. The van der Waals surface area contributed by atoms with Crippen molar-refractivity contribution in [3.05, 3.63) is 29.3 Å². The summed E-state index contributed by atoms with van der Waals surface area (Å²) >= 11 is 1.70. The Bertz CT molecular complexity index is 1600. The van der Waals surface area contributed by atoms with Crippen molar-refractivity contribution in [1.29, 1.82) is 5.26 Å². The highest BCUT2D eigenvalue weighted by molar-refractivity contribution is 7.94. The average molecular weight is 606 g/mol. The molecule has 0 aliphatic carbocycles. The third-order valence-corrected chi connectivity index (χ3v) is 7.56. The number of pyridine rings is 1. The molecule has 1 aromatic carbocycles. The van der Waals surface area contributed by atoms with Gasteiger partial charge in [-0.1, -0.05) is 5.04 Å². The van der Waals surface area contributed by atoms with Crippen LogP contribution >= 0.6 is 23.6 Å². The average Bonchev–Trinajstić information content (AvgIpc) is 3.24. The van der Waals surface area contributed by atoms with Crippen LogP contribution in [0.25, 0.3) is 10.9 Å². The molecule has 0 amide bonds. The number of azo groups is 1. The number of nitriles is 1. The van der Waals surface area contributed by atoms with E-state index in [1.165, 1.54) is 18.2 Å². The Hall–Kier alpha value is -3.00. The Balaban J connectivity index is 2.02. The van der Waals surface area contributed by atoms with Gasteiger partial charge in [-0.05, 0) is 36.7 Å². The molecule has 5 N–H and O–H groups in total. The summed E-state index contributed by atoms with van der Waals surface area (Å²) in [7, 11) is -8.72. The Labute approximate surface area is 224 Å². The van der Waals surface area contributed by atoms with E-state index in [9.17, 15) is 26.7 Å². The first kappa shape index (κ1) is 29.6. The molecule has 16 nitrogen and oxygen atoms in total. The van der Waals surface area contributed by atoms with Gasteiger partial charge in [0.1, 0.15) is 17.6 Å². The van der Waals surface area contributed by atoms with Gasteiger partial charge < -0.3 is 10.6 Å². The number of rotatable bonds is 13. The van der Waals surface area contributed by atoms with Crippen LogP contribution in [0.1, 0.15) is 11.1 Å². The number of aromatic nitrogens is 2. The number of hydrogen-bond acceptors (Lipinski definition) is 16. The van der Waals surface area contributed by atoms with E-state index in [2.05, 4.69) is 39.6 Å². The first-order valence-corrected chi connectivity index (χ1v) is 14.9. The third-order valence-electron chi connectivity index (χ3n) is 4.70. The standard InChI is InChI=1S/C18H19N7O9S4/c1-10-13(9-19)16(21-5-7-37(27,28)29)22-17(20-4-6-35-34-33-26)15(10)23-24-18-12-8-11(38(30,31)32)2-3-14(12)25-36-18/h2-3,8,26H,4-7H2,1H3,(H2,20,21,22)(H,27,28,29)(H,30,31,32). The molecule has 0 fully saturated rings. The van der Waals surface area contributed by atoms with Crippen molar-refractivity contribution in [1.82, 2.24) is 9.36 Å². The van der Waals surface area contributed by atoms with Crippen molar-refractivity contribution >= 4 is 77.0 Å². The van der Waals surface area contributed by atoms with E-state index in [1.54, 1.807) is 6.92 Å². The van der Waals surface area contributed by atoms with Gasteiger partial charge in [-0.15, -0.1) is 14.6 Å². The quantitative estimate of drug-likeness (QED) is 0.0468. The lowest BCUT2D eigenvalue weighted by molar-refractivity contribution is -0.432. The van der Waals surface area contributed by atoms with Crippen LogP contribution in [0.4, 0.5) is 22.3 Å². The predicted molar refractivity (Wildman–Crippen MR) is 138 cm³/mol. The van der Waals surface area contributed by atoms with Crippen LogP contribution in [0.3, 0.4) is 0 Å². The predicted octanol–water partition coefficient (Wildman–Crippen LogP) is 3.31. The fourth-order valence-corrected chi connectivity index (χ4v) is 4.85. The third kappa shape index (κ3) is 7.76. The minimum Gasteiger partial charge on any atom is -0.368 e. The van der Waals surface area contributed by atoms with Crippen LogP contribution in [-0.4, -0.2) is 65.2 Å². The van der Waals surface area contributed by atoms with Gasteiger partial charge >= 0.3 is 0 Å². The molecule has 0 saturated carbocycles. The number of hydrogen-bond donors (Lipinski definition) is 5. The summed E-state index contributed by atoms with van der Waals surface area (Å²) in [6.45, 7) is 1.54. The number of nitrogens with zero attached hydrogens (tertiary/aromatic N) is 5. The van der Waals surface area contributed by atoms with Gasteiger partial charge in [0.25, 0.3) is 20.2 Å². The smallest absolute Gasteiger partial charge is 0.294 e. The number of anilines is 2.